The lowest BCUT2D eigenvalue weighted by atomic mass is 10.2. The fourth-order valence-corrected chi connectivity index (χ4v) is 2.59. The van der Waals surface area contributed by atoms with E-state index in [1.54, 1.807) is 0 Å². The summed E-state index contributed by atoms with van der Waals surface area (Å²) >= 11 is 1.82. The van der Waals surface area contributed by atoms with E-state index in [1.165, 1.54) is 16.2 Å². The van der Waals surface area contributed by atoms with Crippen LogP contribution in [0.4, 0.5) is 0 Å². The summed E-state index contributed by atoms with van der Waals surface area (Å²) in [5, 5.41) is 4.34. The second-order valence-corrected chi connectivity index (χ2v) is 5.09. The lowest BCUT2D eigenvalue weighted by Crippen LogP contribution is -1.96. The molecule has 0 spiro atoms. The third-order valence-corrected chi connectivity index (χ3v) is 3.69. The molecule has 1 heterocycles. The highest BCUT2D eigenvalue weighted by atomic mass is 32.2. The quantitative estimate of drug-likeness (QED) is 0.844. The number of nitrogens with two attached hydrogens (primary N) is 1. The van der Waals surface area contributed by atoms with E-state index in [0.29, 0.717) is 6.54 Å². The molecule has 0 saturated carbocycles. The zero-order valence-corrected chi connectivity index (χ0v) is 11.0. The molecule has 4 heteroatoms. The summed E-state index contributed by atoms with van der Waals surface area (Å²) in [5.74, 6) is 0.944. The van der Waals surface area contributed by atoms with Crippen molar-refractivity contribution < 1.29 is 0 Å². The molecule has 90 valence electrons. The normalized spacial score (nSPS) is 10.8. The van der Waals surface area contributed by atoms with Gasteiger partial charge in [-0.05, 0) is 30.7 Å². The molecule has 3 nitrogen and oxygen atoms in total. The number of aromatic nitrogens is 2. The van der Waals surface area contributed by atoms with Gasteiger partial charge in [-0.1, -0.05) is 12.1 Å². The first-order chi connectivity index (χ1) is 8.19. The highest BCUT2D eigenvalue weighted by Crippen LogP contribution is 2.23. The van der Waals surface area contributed by atoms with Crippen LogP contribution in [-0.4, -0.2) is 9.78 Å². The van der Waals surface area contributed by atoms with Crippen LogP contribution >= 0.6 is 11.8 Å². The van der Waals surface area contributed by atoms with Crippen molar-refractivity contribution >= 4 is 11.8 Å². The predicted molar refractivity (Wildman–Crippen MR) is 71.8 cm³/mol. The van der Waals surface area contributed by atoms with E-state index in [1.807, 2.05) is 30.4 Å². The minimum Gasteiger partial charge on any atom is -0.326 e. The highest BCUT2D eigenvalue weighted by molar-refractivity contribution is 7.98. The van der Waals surface area contributed by atoms with Crippen molar-refractivity contribution in [3.05, 3.63) is 47.3 Å². The molecule has 0 bridgehead atoms. The Balaban J connectivity index is 1.99. The third kappa shape index (κ3) is 3.11. The zero-order chi connectivity index (χ0) is 12.3. The van der Waals surface area contributed by atoms with E-state index in [9.17, 15) is 0 Å². The van der Waals surface area contributed by atoms with Crippen LogP contribution in [0.1, 0.15) is 17.0 Å². The second kappa shape index (κ2) is 5.38. The number of thioether (sulfide) groups is 1. The fourth-order valence-electron chi connectivity index (χ4n) is 1.68. The molecule has 0 radical (unpaired) electrons. The first-order valence-electron chi connectivity index (χ1n) is 5.60. The van der Waals surface area contributed by atoms with Gasteiger partial charge in [-0.25, -0.2) is 0 Å². The molecule has 17 heavy (non-hydrogen) atoms. The van der Waals surface area contributed by atoms with Crippen molar-refractivity contribution in [1.82, 2.24) is 9.78 Å². The van der Waals surface area contributed by atoms with Gasteiger partial charge in [0.25, 0.3) is 0 Å². The summed E-state index contributed by atoms with van der Waals surface area (Å²) in [6.45, 7) is 2.62. The van der Waals surface area contributed by atoms with Gasteiger partial charge >= 0.3 is 0 Å². The van der Waals surface area contributed by atoms with Gasteiger partial charge in [-0.3, -0.25) is 4.68 Å². The molecule has 2 aromatic rings. The maximum atomic E-state index is 5.57. The van der Waals surface area contributed by atoms with Crippen LogP contribution in [0.3, 0.4) is 0 Å². The predicted octanol–water partition coefficient (Wildman–Crippen LogP) is 2.48. The Morgan fingerprint density at radius 2 is 2.00 bits per heavy atom. The first-order valence-corrected chi connectivity index (χ1v) is 6.59. The van der Waals surface area contributed by atoms with Crippen LogP contribution in [0.25, 0.3) is 0 Å². The summed E-state index contributed by atoms with van der Waals surface area (Å²) in [6, 6.07) is 10.5. The average molecular weight is 247 g/mol. The van der Waals surface area contributed by atoms with Crippen LogP contribution in [-0.2, 0) is 19.3 Å². The standard InChI is InChI=1S/C13H17N3S/c1-10-7-12(16(2)15-10)9-17-13-5-3-11(8-14)4-6-13/h3-7H,8-9,14H2,1-2H3. The van der Waals surface area contributed by atoms with Crippen LogP contribution < -0.4 is 5.73 Å². The van der Waals surface area contributed by atoms with Gasteiger partial charge in [0.2, 0.25) is 0 Å². The molecule has 1 aromatic heterocycles. The molecule has 0 amide bonds. The van der Waals surface area contributed by atoms with Crippen molar-refractivity contribution in [3.63, 3.8) is 0 Å². The highest BCUT2D eigenvalue weighted by Gasteiger charge is 2.02. The molecule has 0 aliphatic rings. The molecule has 2 N–H and O–H groups in total. The molecule has 2 rings (SSSR count). The molecular formula is C13H17N3S. The van der Waals surface area contributed by atoms with E-state index in [4.69, 9.17) is 5.73 Å². The minimum atomic E-state index is 0.603. The molecule has 0 unspecified atom stereocenters. The summed E-state index contributed by atoms with van der Waals surface area (Å²) in [7, 11) is 1.99. The number of hydrogen-bond acceptors (Lipinski definition) is 3. The summed E-state index contributed by atoms with van der Waals surface area (Å²) in [4.78, 5) is 1.26. The van der Waals surface area contributed by atoms with Crippen LogP contribution in [0, 0.1) is 6.92 Å². The van der Waals surface area contributed by atoms with Gasteiger partial charge in [0, 0.05) is 29.9 Å². The molecular weight excluding hydrogens is 230 g/mol. The van der Waals surface area contributed by atoms with Gasteiger partial charge < -0.3 is 5.73 Å². The summed E-state index contributed by atoms with van der Waals surface area (Å²) in [5.41, 5.74) is 9.06. The number of aryl methyl sites for hydroxylation is 2. The Bertz CT molecular complexity index is 488. The molecule has 1 aromatic carbocycles. The second-order valence-electron chi connectivity index (χ2n) is 4.04. The SMILES string of the molecule is Cc1cc(CSc2ccc(CN)cc2)n(C)n1. The first kappa shape index (κ1) is 12.2. The lowest BCUT2D eigenvalue weighted by Gasteiger charge is -2.03. The third-order valence-electron chi connectivity index (χ3n) is 2.64. The van der Waals surface area contributed by atoms with E-state index in [0.717, 1.165) is 11.4 Å². The Kier molecular flexibility index (Phi) is 3.86. The van der Waals surface area contributed by atoms with Gasteiger partial charge in [0.1, 0.15) is 0 Å². The Morgan fingerprint density at radius 3 is 2.53 bits per heavy atom. The largest absolute Gasteiger partial charge is 0.326 e. The van der Waals surface area contributed by atoms with E-state index < -0.39 is 0 Å². The van der Waals surface area contributed by atoms with Gasteiger partial charge in [0.15, 0.2) is 0 Å². The molecule has 0 atom stereocenters. The maximum Gasteiger partial charge on any atom is 0.0596 e. The summed E-state index contributed by atoms with van der Waals surface area (Å²) < 4.78 is 1.94. The van der Waals surface area contributed by atoms with Crippen molar-refractivity contribution in [1.29, 1.82) is 0 Å². The lowest BCUT2D eigenvalue weighted by molar-refractivity contribution is 0.727. The van der Waals surface area contributed by atoms with Gasteiger partial charge in [-0.15, -0.1) is 11.8 Å². The monoisotopic (exact) mass is 247 g/mol. The van der Waals surface area contributed by atoms with Crippen molar-refractivity contribution in [2.45, 2.75) is 24.1 Å². The number of hydrogen-bond donors (Lipinski definition) is 1. The summed E-state index contributed by atoms with van der Waals surface area (Å²) in [6.07, 6.45) is 0. The number of benzene rings is 1. The van der Waals surface area contributed by atoms with E-state index in [-0.39, 0.29) is 0 Å². The smallest absolute Gasteiger partial charge is 0.0596 e. The van der Waals surface area contributed by atoms with E-state index >= 15 is 0 Å². The van der Waals surface area contributed by atoms with Crippen LogP contribution in [0.5, 0.6) is 0 Å². The topological polar surface area (TPSA) is 43.8 Å². The van der Waals surface area contributed by atoms with Crippen molar-refractivity contribution in [3.8, 4) is 0 Å². The molecule has 0 aliphatic heterocycles. The molecule has 0 saturated heterocycles. The number of rotatable bonds is 4. The van der Waals surface area contributed by atoms with Gasteiger partial charge in [0.05, 0.1) is 5.69 Å². The zero-order valence-electron chi connectivity index (χ0n) is 10.2. The maximum absolute atomic E-state index is 5.57. The minimum absolute atomic E-state index is 0.603. The van der Waals surface area contributed by atoms with Crippen molar-refractivity contribution in [2.75, 3.05) is 0 Å². The Hall–Kier alpha value is -1.26. The Labute approximate surface area is 106 Å². The average Bonchev–Trinajstić information content (AvgIpc) is 2.66. The van der Waals surface area contributed by atoms with Gasteiger partial charge in [-0.2, -0.15) is 5.10 Å². The number of nitrogens with zero attached hydrogens (tertiary/aromatic N) is 2. The Morgan fingerprint density at radius 1 is 1.29 bits per heavy atom. The van der Waals surface area contributed by atoms with E-state index in [2.05, 4.69) is 35.4 Å². The van der Waals surface area contributed by atoms with Crippen LogP contribution in [0.15, 0.2) is 35.2 Å². The molecule has 0 aliphatic carbocycles. The van der Waals surface area contributed by atoms with Crippen molar-refractivity contribution in [2.24, 2.45) is 12.8 Å². The van der Waals surface area contributed by atoms with Crippen LogP contribution in [0.2, 0.25) is 0 Å². The fraction of sp³-hybridized carbons (Fsp3) is 0.308. The molecule has 0 fully saturated rings.